The van der Waals surface area contributed by atoms with Gasteiger partial charge in [0.05, 0.1) is 37.1 Å². The molecule has 118 valence electrons. The van der Waals surface area contributed by atoms with Crippen LogP contribution in [-0.2, 0) is 13.8 Å². The molecular weight excluding hydrogens is 326 g/mol. The van der Waals surface area contributed by atoms with Gasteiger partial charge in [-0.05, 0) is 12.1 Å². The molecule has 0 aliphatic heterocycles. The summed E-state index contributed by atoms with van der Waals surface area (Å²) in [6.45, 7) is 0.0466. The van der Waals surface area contributed by atoms with Crippen LogP contribution < -0.4 is 9.47 Å². The summed E-state index contributed by atoms with van der Waals surface area (Å²) in [4.78, 5) is 10.3. The fourth-order valence-electron chi connectivity index (χ4n) is 1.36. The Bertz CT molecular complexity index is 590. The Hall–Kier alpha value is -1.58. The summed E-state index contributed by atoms with van der Waals surface area (Å²) in [5, 5.41) is 10.9. The van der Waals surface area contributed by atoms with E-state index in [2.05, 4.69) is 0 Å². The summed E-state index contributed by atoms with van der Waals surface area (Å²) in [7, 11) is 2.82. The van der Waals surface area contributed by atoms with E-state index in [9.17, 15) is 18.5 Å². The molecule has 0 radical (unpaired) electrons. The molecule has 0 N–H and O–H groups in total. The molecule has 0 fully saturated rings. The van der Waals surface area contributed by atoms with Gasteiger partial charge >= 0.3 is 5.69 Å². The van der Waals surface area contributed by atoms with Crippen LogP contribution in [0.4, 0.5) is 5.69 Å². The van der Waals surface area contributed by atoms with Crippen LogP contribution in [0.1, 0.15) is 0 Å². The smallest absolute Gasteiger partial charge is 0.314 e. The summed E-state index contributed by atoms with van der Waals surface area (Å²) in [5.74, 6) is 0.115. The first-order valence-corrected chi connectivity index (χ1v) is 8.26. The summed E-state index contributed by atoms with van der Waals surface area (Å²) >= 11 is 0. The van der Waals surface area contributed by atoms with Crippen molar-refractivity contribution in [2.75, 3.05) is 32.7 Å². The van der Waals surface area contributed by atoms with Gasteiger partial charge in [-0.3, -0.25) is 10.1 Å². The molecule has 0 saturated carbocycles. The largest absolute Gasteiger partial charge is 0.496 e. The molecule has 8 nitrogen and oxygen atoms in total. The zero-order chi connectivity index (χ0) is 15.9. The summed E-state index contributed by atoms with van der Waals surface area (Å²) < 4.78 is 36.4. The number of hydrogen-bond acceptors (Lipinski definition) is 7. The standard InChI is InChI=1S/C11H14ClNO7S/c1-18-9-2-3-11(10(8-9)13(14)15)20-5-4-19-6-7-21(12,16)17/h2-3,8H,4-7H2,1H3. The molecule has 0 aromatic heterocycles. The molecule has 10 heteroatoms. The third-order valence-electron chi connectivity index (χ3n) is 2.32. The van der Waals surface area contributed by atoms with Crippen molar-refractivity contribution < 1.29 is 27.6 Å². The van der Waals surface area contributed by atoms with Crippen LogP contribution in [0, 0.1) is 10.1 Å². The number of nitrogens with zero attached hydrogens (tertiary/aromatic N) is 1. The Balaban J connectivity index is 2.46. The van der Waals surface area contributed by atoms with Crippen molar-refractivity contribution in [2.45, 2.75) is 0 Å². The Morgan fingerprint density at radius 3 is 2.57 bits per heavy atom. The molecule has 1 rings (SSSR count). The zero-order valence-corrected chi connectivity index (χ0v) is 12.7. The quantitative estimate of drug-likeness (QED) is 0.291. The second-order valence-electron chi connectivity index (χ2n) is 3.79. The number of halogens is 1. The van der Waals surface area contributed by atoms with Crippen molar-refractivity contribution in [3.05, 3.63) is 28.3 Å². The summed E-state index contributed by atoms with van der Waals surface area (Å²) in [5.41, 5.74) is -0.224. The normalized spacial score (nSPS) is 11.1. The van der Waals surface area contributed by atoms with Crippen molar-refractivity contribution >= 4 is 25.4 Å². The Morgan fingerprint density at radius 1 is 1.29 bits per heavy atom. The predicted molar refractivity (Wildman–Crippen MR) is 75.6 cm³/mol. The third kappa shape index (κ3) is 6.61. The van der Waals surface area contributed by atoms with Crippen LogP contribution in [0.5, 0.6) is 11.5 Å². The van der Waals surface area contributed by atoms with Gasteiger partial charge in [0.15, 0.2) is 5.75 Å². The van der Waals surface area contributed by atoms with Crippen LogP contribution in [0.3, 0.4) is 0 Å². The maximum absolute atomic E-state index is 10.9. The topological polar surface area (TPSA) is 105 Å². The van der Waals surface area contributed by atoms with Crippen LogP contribution in [-0.4, -0.2) is 46.0 Å². The van der Waals surface area contributed by atoms with Crippen molar-refractivity contribution in [2.24, 2.45) is 0 Å². The monoisotopic (exact) mass is 339 g/mol. The first kappa shape index (κ1) is 17.5. The minimum atomic E-state index is -3.59. The Labute approximate surface area is 126 Å². The molecule has 0 atom stereocenters. The predicted octanol–water partition coefficient (Wildman–Crippen LogP) is 1.57. The molecule has 0 aliphatic rings. The van der Waals surface area contributed by atoms with Crippen molar-refractivity contribution in [1.29, 1.82) is 0 Å². The highest BCUT2D eigenvalue weighted by molar-refractivity contribution is 8.13. The number of methoxy groups -OCH3 is 1. The lowest BCUT2D eigenvalue weighted by atomic mass is 10.3. The molecule has 0 bridgehead atoms. The van der Waals surface area contributed by atoms with E-state index in [0.29, 0.717) is 5.75 Å². The fourth-order valence-corrected chi connectivity index (χ4v) is 1.87. The molecule has 0 spiro atoms. The lowest BCUT2D eigenvalue weighted by Crippen LogP contribution is -2.12. The number of nitro benzene ring substituents is 1. The molecule has 1 aromatic rings. The van der Waals surface area contributed by atoms with E-state index in [1.807, 2.05) is 0 Å². The van der Waals surface area contributed by atoms with E-state index < -0.39 is 14.0 Å². The van der Waals surface area contributed by atoms with Crippen LogP contribution in [0.15, 0.2) is 18.2 Å². The van der Waals surface area contributed by atoms with Gasteiger partial charge in [-0.1, -0.05) is 0 Å². The van der Waals surface area contributed by atoms with E-state index in [4.69, 9.17) is 24.9 Å². The summed E-state index contributed by atoms with van der Waals surface area (Å²) in [6.07, 6.45) is 0. The highest BCUT2D eigenvalue weighted by atomic mass is 35.7. The van der Waals surface area contributed by atoms with Gasteiger partial charge in [0.1, 0.15) is 12.4 Å². The highest BCUT2D eigenvalue weighted by Gasteiger charge is 2.16. The molecule has 0 saturated heterocycles. The average molecular weight is 340 g/mol. The second kappa shape index (κ2) is 8.01. The van der Waals surface area contributed by atoms with Gasteiger partial charge in [-0.2, -0.15) is 0 Å². The maximum Gasteiger partial charge on any atom is 0.314 e. The van der Waals surface area contributed by atoms with Gasteiger partial charge < -0.3 is 14.2 Å². The average Bonchev–Trinajstić information content (AvgIpc) is 2.41. The fraction of sp³-hybridized carbons (Fsp3) is 0.455. The minimum absolute atomic E-state index is 0.0372. The second-order valence-corrected chi connectivity index (χ2v) is 6.69. The first-order valence-electron chi connectivity index (χ1n) is 5.79. The maximum atomic E-state index is 10.9. The molecule has 0 aliphatic carbocycles. The highest BCUT2D eigenvalue weighted by Crippen LogP contribution is 2.30. The zero-order valence-electron chi connectivity index (χ0n) is 11.2. The molecular formula is C11H14ClNO7S. The van der Waals surface area contributed by atoms with Crippen LogP contribution in [0.25, 0.3) is 0 Å². The number of hydrogen-bond donors (Lipinski definition) is 0. The van der Waals surface area contributed by atoms with Gasteiger partial charge in [0, 0.05) is 10.7 Å². The molecule has 0 heterocycles. The number of benzene rings is 1. The third-order valence-corrected chi connectivity index (χ3v) is 3.44. The van der Waals surface area contributed by atoms with Gasteiger partial charge in [0.2, 0.25) is 9.05 Å². The molecule has 21 heavy (non-hydrogen) atoms. The van der Waals surface area contributed by atoms with E-state index in [1.165, 1.54) is 25.3 Å². The SMILES string of the molecule is COc1ccc(OCCOCCS(=O)(=O)Cl)c([N+](=O)[O-])c1. The van der Waals surface area contributed by atoms with E-state index in [-0.39, 0.29) is 37.0 Å². The van der Waals surface area contributed by atoms with E-state index in [1.54, 1.807) is 0 Å². The van der Waals surface area contributed by atoms with E-state index in [0.717, 1.165) is 0 Å². The minimum Gasteiger partial charge on any atom is -0.496 e. The lowest BCUT2D eigenvalue weighted by Gasteiger charge is -2.08. The Kier molecular flexibility index (Phi) is 6.66. The van der Waals surface area contributed by atoms with E-state index >= 15 is 0 Å². The van der Waals surface area contributed by atoms with Crippen LogP contribution in [0.2, 0.25) is 0 Å². The van der Waals surface area contributed by atoms with Gasteiger partial charge in [-0.25, -0.2) is 8.42 Å². The summed E-state index contributed by atoms with van der Waals surface area (Å²) in [6, 6.07) is 4.19. The first-order chi connectivity index (χ1) is 9.83. The van der Waals surface area contributed by atoms with Crippen molar-refractivity contribution in [1.82, 2.24) is 0 Å². The van der Waals surface area contributed by atoms with Crippen LogP contribution >= 0.6 is 10.7 Å². The van der Waals surface area contributed by atoms with Crippen molar-refractivity contribution in [3.63, 3.8) is 0 Å². The lowest BCUT2D eigenvalue weighted by molar-refractivity contribution is -0.386. The molecule has 0 amide bonds. The number of rotatable bonds is 9. The van der Waals surface area contributed by atoms with Gasteiger partial charge in [-0.15, -0.1) is 0 Å². The molecule has 1 aromatic carbocycles. The molecule has 0 unspecified atom stereocenters. The Morgan fingerprint density at radius 2 is 2.00 bits per heavy atom. The van der Waals surface area contributed by atoms with Gasteiger partial charge in [0.25, 0.3) is 0 Å². The number of nitro groups is 1. The van der Waals surface area contributed by atoms with Crippen molar-refractivity contribution in [3.8, 4) is 11.5 Å². The number of ether oxygens (including phenoxy) is 3.